The summed E-state index contributed by atoms with van der Waals surface area (Å²) in [4.78, 5) is 141. The lowest BCUT2D eigenvalue weighted by molar-refractivity contribution is -0.142. The Balaban J connectivity index is 1.12. The number of benzene rings is 1. The molecule has 2 aliphatic carbocycles. The van der Waals surface area contributed by atoms with Crippen molar-refractivity contribution in [3.05, 3.63) is 57.9 Å². The number of nitrogens with zero attached hydrogens (tertiary/aromatic N) is 2. The van der Waals surface area contributed by atoms with Crippen LogP contribution in [0.25, 0.3) is 0 Å². The Morgan fingerprint density at radius 1 is 0.714 bits per heavy atom. The summed E-state index contributed by atoms with van der Waals surface area (Å²) in [6.07, 6.45) is 9.16. The van der Waals surface area contributed by atoms with Crippen molar-refractivity contribution in [2.45, 2.75) is 156 Å². The van der Waals surface area contributed by atoms with Crippen molar-refractivity contribution in [2.24, 2.45) is 39.8 Å². The predicted molar refractivity (Wildman–Crippen MR) is 288 cm³/mol. The summed E-state index contributed by atoms with van der Waals surface area (Å²) in [7, 11) is 0. The highest BCUT2D eigenvalue weighted by atomic mass is 32.2. The number of likely N-dealkylation sites (tertiary alicyclic amines) is 1. The molecular formula is C51H73N13O11S2. The number of fused-ring (bicyclic) bond motifs is 2. The molecule has 0 bridgehead atoms. The van der Waals surface area contributed by atoms with Crippen molar-refractivity contribution < 1.29 is 53.1 Å². The first-order valence-corrected chi connectivity index (χ1v) is 27.7. The number of carbonyl (C=O) groups is 10. The standard InChI is InChI=1S/C51H73N13O11S2/c1-27(2)39(47(73)62-33(24-36(52)65)43(69)58-28(3)48(74)64-21-11-17-35(64)46(72)60-31(16-10-20-56-49(54)55)42(68)57-26-37(53)66)63-44(70)32(22-29-12-6-4-7-13-29)61-45(71)34(59-38(67)23-30-14-8-5-9-15-30)25-50-18-19-51(75)41(77-51)40(50)76-50/h4,6-7,12-13,18-19,27-28,30-35,39,75H,5,8-11,14-17,20-26H2,1-3H3,(H2,52,65)(H2,53,66)(H,57,68)(H,58,69)(H,59,67)(H,60,72)(H,61,71)(H,62,73)(H,63,70)(H4,54,55,56)/t28-,31+,32-,33-,34-,35-,39-,50?,51?/m0/s1. The van der Waals surface area contributed by atoms with Crippen LogP contribution in [0.15, 0.2) is 57.3 Å². The normalized spacial score (nSPS) is 22.5. The van der Waals surface area contributed by atoms with E-state index in [2.05, 4.69) is 42.2 Å². The van der Waals surface area contributed by atoms with E-state index in [0.29, 0.717) is 12.0 Å². The Bertz CT molecular complexity index is 2520. The second-order valence-corrected chi connectivity index (χ2v) is 23.2. The SMILES string of the molecule is CC(C)[C@H](NC(=O)[C@H](Cc1ccccc1)NC(=O)[C@H](CC12C=CC3(O)SC3=C1S2)NC(=O)CC1CCCCC1)C(=O)N[C@@H](CC(N)=O)C(=O)N[C@@H](C)C(=O)N1CCC[C@H]1C(=O)N[C@H](CCCN=C(N)N)C(=O)NCC(N)=O. The number of primary amides is 2. The Hall–Kier alpha value is -6.67. The van der Waals surface area contributed by atoms with Gasteiger partial charge in [0.05, 0.1) is 17.7 Å². The van der Waals surface area contributed by atoms with Gasteiger partial charge in [0.25, 0.3) is 0 Å². The van der Waals surface area contributed by atoms with E-state index >= 15 is 0 Å². The largest absolute Gasteiger partial charge is 0.371 e. The van der Waals surface area contributed by atoms with E-state index in [1.165, 1.54) is 35.3 Å². The zero-order valence-corrected chi connectivity index (χ0v) is 45.2. The first kappa shape index (κ1) is 59.6. The Morgan fingerprint density at radius 3 is 2.05 bits per heavy atom. The molecule has 4 fully saturated rings. The second-order valence-electron chi connectivity index (χ2n) is 20.6. The quantitative estimate of drug-likeness (QED) is 0.0148. The molecule has 0 aromatic heterocycles. The Labute approximate surface area is 455 Å². The topological polar surface area (TPSA) is 395 Å². The summed E-state index contributed by atoms with van der Waals surface area (Å²) in [5.41, 5.74) is 22.2. The number of hydrogen-bond acceptors (Lipinski definition) is 14. The maximum atomic E-state index is 14.5. The molecule has 24 nitrogen and oxygen atoms in total. The van der Waals surface area contributed by atoms with E-state index in [-0.39, 0.29) is 69.4 Å². The monoisotopic (exact) mass is 1110 g/mol. The lowest BCUT2D eigenvalue weighted by atomic mass is 9.86. The molecule has 6 rings (SSSR count). The number of guanidine groups is 1. The minimum atomic E-state index is -1.64. The zero-order valence-electron chi connectivity index (χ0n) is 43.6. The first-order chi connectivity index (χ1) is 36.5. The summed E-state index contributed by atoms with van der Waals surface area (Å²) in [6.45, 7) is 4.38. The fourth-order valence-corrected chi connectivity index (χ4v) is 12.3. The third-order valence-electron chi connectivity index (χ3n) is 14.1. The van der Waals surface area contributed by atoms with Gasteiger partial charge < -0.3 is 70.2 Å². The summed E-state index contributed by atoms with van der Waals surface area (Å²) in [6, 6.07) is -0.00755. The molecule has 0 radical (unpaired) electrons. The van der Waals surface area contributed by atoms with Gasteiger partial charge in [0.2, 0.25) is 59.1 Å². The molecule has 3 saturated heterocycles. The van der Waals surface area contributed by atoms with Gasteiger partial charge >= 0.3 is 0 Å². The molecule has 0 spiro atoms. The number of aliphatic hydroxyl groups is 1. The number of aliphatic imine (C=N–C) groups is 1. The second kappa shape index (κ2) is 26.6. The number of thioether (sulfide) groups is 2. The van der Waals surface area contributed by atoms with Gasteiger partial charge in [-0.25, -0.2) is 0 Å². The minimum Gasteiger partial charge on any atom is -0.371 e. The van der Waals surface area contributed by atoms with Crippen molar-refractivity contribution in [1.82, 2.24) is 42.1 Å². The van der Waals surface area contributed by atoms with Crippen LogP contribution in [0.3, 0.4) is 0 Å². The van der Waals surface area contributed by atoms with E-state index in [9.17, 15) is 53.1 Å². The number of rotatable bonds is 28. The third kappa shape index (κ3) is 16.7. The summed E-state index contributed by atoms with van der Waals surface area (Å²) >= 11 is 2.84. The minimum absolute atomic E-state index is 0.0158. The van der Waals surface area contributed by atoms with Crippen molar-refractivity contribution in [2.75, 3.05) is 19.6 Å². The molecule has 1 aromatic rings. The average Bonchev–Trinajstić information content (AvgIpc) is 4.42. The molecule has 77 heavy (non-hydrogen) atoms. The number of amides is 10. The van der Waals surface area contributed by atoms with Gasteiger partial charge in [0.15, 0.2) is 10.9 Å². The zero-order chi connectivity index (χ0) is 56.2. The molecular weight excluding hydrogens is 1030 g/mol. The van der Waals surface area contributed by atoms with E-state index in [4.69, 9.17) is 22.9 Å². The number of hydrogen-bond donors (Lipinski definition) is 12. The molecule has 10 amide bonds. The van der Waals surface area contributed by atoms with Crippen LogP contribution < -0.4 is 60.2 Å². The highest BCUT2D eigenvalue weighted by Crippen LogP contribution is 2.76. The van der Waals surface area contributed by atoms with Crippen LogP contribution in [-0.4, -0.2) is 147 Å². The first-order valence-electron chi connectivity index (χ1n) is 26.1. The highest BCUT2D eigenvalue weighted by Gasteiger charge is 2.64. The van der Waals surface area contributed by atoms with Crippen LogP contribution in [-0.2, 0) is 54.4 Å². The van der Waals surface area contributed by atoms with Gasteiger partial charge in [-0.1, -0.05) is 81.3 Å². The van der Waals surface area contributed by atoms with E-state index in [0.717, 1.165) is 41.9 Å². The molecule has 16 N–H and O–H groups in total. The molecule has 420 valence electrons. The van der Waals surface area contributed by atoms with Crippen molar-refractivity contribution in [3.63, 3.8) is 0 Å². The van der Waals surface area contributed by atoms with Crippen LogP contribution in [0.4, 0.5) is 0 Å². The molecule has 5 aliphatic rings. The Kier molecular flexibility index (Phi) is 20.6. The average molecular weight is 1110 g/mol. The van der Waals surface area contributed by atoms with Crippen LogP contribution in [0.1, 0.15) is 103 Å². The van der Waals surface area contributed by atoms with Gasteiger partial charge in [-0.15, -0.1) is 11.8 Å². The van der Waals surface area contributed by atoms with Gasteiger partial charge in [0.1, 0.15) is 42.3 Å². The predicted octanol–water partition coefficient (Wildman–Crippen LogP) is -1.60. The lowest BCUT2D eigenvalue weighted by Gasteiger charge is -2.30. The van der Waals surface area contributed by atoms with Crippen LogP contribution >= 0.6 is 23.5 Å². The molecule has 2 unspecified atom stereocenters. The third-order valence-corrected chi connectivity index (χ3v) is 16.8. The lowest BCUT2D eigenvalue weighted by Crippen LogP contribution is -2.61. The summed E-state index contributed by atoms with van der Waals surface area (Å²) < 4.78 is -0.618. The summed E-state index contributed by atoms with van der Waals surface area (Å²) in [5, 5.41) is 29.3. The van der Waals surface area contributed by atoms with Crippen LogP contribution in [0.2, 0.25) is 0 Å². The van der Waals surface area contributed by atoms with E-state index in [1.54, 1.807) is 50.3 Å². The Morgan fingerprint density at radius 2 is 1.39 bits per heavy atom. The highest BCUT2D eigenvalue weighted by molar-refractivity contribution is 8.18. The molecule has 9 atom stereocenters. The number of nitrogens with one attached hydrogen (secondary N) is 7. The van der Waals surface area contributed by atoms with Crippen LogP contribution in [0, 0.1) is 11.8 Å². The van der Waals surface area contributed by atoms with Crippen molar-refractivity contribution in [3.8, 4) is 0 Å². The fourth-order valence-electron chi connectivity index (χ4n) is 9.88. The molecule has 3 heterocycles. The van der Waals surface area contributed by atoms with Gasteiger partial charge in [-0.05, 0) is 75.3 Å². The number of nitrogens with two attached hydrogens (primary N) is 4. The maximum absolute atomic E-state index is 14.5. The fraction of sp³-hybridized carbons (Fsp3) is 0.588. The summed E-state index contributed by atoms with van der Waals surface area (Å²) in [5.74, 6) is -8.01. The molecule has 26 heteroatoms. The van der Waals surface area contributed by atoms with E-state index in [1.807, 2.05) is 6.08 Å². The molecule has 3 aliphatic heterocycles. The number of carbonyl (C=O) groups excluding carboxylic acids is 10. The molecule has 1 aromatic carbocycles. The van der Waals surface area contributed by atoms with Gasteiger partial charge in [-0.2, -0.15) is 0 Å². The smallest absolute Gasteiger partial charge is 0.245 e. The van der Waals surface area contributed by atoms with Crippen molar-refractivity contribution >= 4 is 88.6 Å². The van der Waals surface area contributed by atoms with Crippen molar-refractivity contribution in [1.29, 1.82) is 0 Å². The van der Waals surface area contributed by atoms with Crippen LogP contribution in [0.5, 0.6) is 0 Å². The van der Waals surface area contributed by atoms with E-state index < -0.39 is 124 Å². The molecule has 1 saturated carbocycles. The van der Waals surface area contributed by atoms with Gasteiger partial charge in [0, 0.05) is 35.7 Å². The van der Waals surface area contributed by atoms with Gasteiger partial charge in [-0.3, -0.25) is 52.9 Å². The maximum Gasteiger partial charge on any atom is 0.245 e.